The van der Waals surface area contributed by atoms with Crippen molar-refractivity contribution in [3.8, 4) is 0 Å². The first-order valence-corrected chi connectivity index (χ1v) is 14.1. The van der Waals surface area contributed by atoms with Crippen molar-refractivity contribution in [1.82, 2.24) is 4.90 Å². The molecule has 0 fully saturated rings. The monoisotopic (exact) mass is 559 g/mol. The van der Waals surface area contributed by atoms with Crippen molar-refractivity contribution in [1.29, 1.82) is 0 Å². The molecular weight excluding hydrogens is 529 g/mol. The van der Waals surface area contributed by atoms with Gasteiger partial charge in [-0.2, -0.15) is 0 Å². The van der Waals surface area contributed by atoms with Crippen LogP contribution in [0.15, 0.2) is 78.0 Å². The number of ketones is 1. The predicted molar refractivity (Wildman–Crippen MR) is 157 cm³/mol. The number of halogens is 2. The second kappa shape index (κ2) is 10.0. The zero-order valence-electron chi connectivity index (χ0n) is 22.1. The van der Waals surface area contributed by atoms with E-state index in [0.29, 0.717) is 35.1 Å². The summed E-state index contributed by atoms with van der Waals surface area (Å²) >= 11 is 13.1. The summed E-state index contributed by atoms with van der Waals surface area (Å²) < 4.78 is 0. The normalized spacial score (nSPS) is 20.0. The Balaban J connectivity index is 1.47. The third-order valence-corrected chi connectivity index (χ3v) is 8.61. The Morgan fingerprint density at radius 1 is 1.00 bits per heavy atom. The topological polar surface area (TPSA) is 52.7 Å². The average Bonchev–Trinajstić information content (AvgIpc) is 3.02. The minimum Gasteiger partial charge on any atom is -0.357 e. The van der Waals surface area contributed by atoms with Crippen LogP contribution in [0.3, 0.4) is 0 Å². The molecule has 0 saturated heterocycles. The molecule has 2 heterocycles. The number of hydrogen-bond donors (Lipinski definition) is 1. The quantitative estimate of drug-likeness (QED) is 0.368. The maximum atomic E-state index is 14.0. The van der Waals surface area contributed by atoms with E-state index in [0.717, 1.165) is 35.5 Å². The van der Waals surface area contributed by atoms with E-state index in [-0.39, 0.29) is 23.7 Å². The fraction of sp³-hybridized carbons (Fsp3) is 0.312. The van der Waals surface area contributed by atoms with Crippen LogP contribution in [-0.4, -0.2) is 29.7 Å². The molecule has 1 amide bonds. The van der Waals surface area contributed by atoms with E-state index >= 15 is 0 Å². The van der Waals surface area contributed by atoms with Gasteiger partial charge in [0.15, 0.2) is 5.78 Å². The molecule has 1 atom stereocenters. The van der Waals surface area contributed by atoms with E-state index in [9.17, 15) is 9.59 Å². The number of carbonyl (C=O) groups is 2. The number of nitrogens with one attached hydrogen (secondary N) is 1. The van der Waals surface area contributed by atoms with E-state index in [4.69, 9.17) is 23.2 Å². The summed E-state index contributed by atoms with van der Waals surface area (Å²) in [5, 5.41) is 4.59. The second-order valence-electron chi connectivity index (χ2n) is 11.5. The Morgan fingerprint density at radius 2 is 1.74 bits per heavy atom. The number of anilines is 2. The summed E-state index contributed by atoms with van der Waals surface area (Å²) in [6.45, 7) is 5.59. The minimum atomic E-state index is -0.537. The highest BCUT2D eigenvalue weighted by Crippen LogP contribution is 2.49. The van der Waals surface area contributed by atoms with Crippen LogP contribution in [0.2, 0.25) is 10.0 Å². The van der Waals surface area contributed by atoms with Crippen LogP contribution >= 0.6 is 23.2 Å². The zero-order valence-corrected chi connectivity index (χ0v) is 23.6. The molecule has 3 aromatic carbocycles. The molecule has 0 spiro atoms. The molecule has 2 aliphatic heterocycles. The number of fused-ring (bicyclic) bond motifs is 2. The van der Waals surface area contributed by atoms with E-state index in [1.165, 1.54) is 11.1 Å². The van der Waals surface area contributed by atoms with Crippen LogP contribution < -0.4 is 10.2 Å². The lowest BCUT2D eigenvalue weighted by molar-refractivity contribution is -0.130. The van der Waals surface area contributed by atoms with Gasteiger partial charge < -0.3 is 15.1 Å². The van der Waals surface area contributed by atoms with Gasteiger partial charge >= 0.3 is 0 Å². The number of Topliss-reactive ketones (excluding diaryl/α,β-unsaturated/α-hetero) is 1. The number of nitrogens with zero attached hydrogens (tertiary/aromatic N) is 2. The smallest absolute Gasteiger partial charge is 0.242 e. The minimum absolute atomic E-state index is 0.0158. The predicted octanol–water partition coefficient (Wildman–Crippen LogP) is 7.19. The molecule has 0 aromatic heterocycles. The number of benzene rings is 3. The standard InChI is InChI=1S/C32H31Cl2N3O2/c1-32(2)16-26-30(28(38)17-32)31(23-12-11-22(33)15-24(23)34)37(27-10-6-5-9-25(27)35-26)19-29(39)36-14-13-20-7-3-4-8-21(20)18-36/h3-12,15,31,35H,13-14,16-19H2,1-2H3. The molecule has 3 aliphatic rings. The van der Waals surface area contributed by atoms with Crippen molar-refractivity contribution in [3.63, 3.8) is 0 Å². The lowest BCUT2D eigenvalue weighted by Gasteiger charge is -2.39. The molecule has 1 aliphatic carbocycles. The van der Waals surface area contributed by atoms with Crippen LogP contribution in [0.5, 0.6) is 0 Å². The van der Waals surface area contributed by atoms with E-state index < -0.39 is 6.04 Å². The number of para-hydroxylation sites is 2. The first kappa shape index (κ1) is 26.0. The Labute approximate surface area is 239 Å². The van der Waals surface area contributed by atoms with E-state index in [2.05, 4.69) is 36.2 Å². The lowest BCUT2D eigenvalue weighted by Crippen LogP contribution is -2.45. The largest absolute Gasteiger partial charge is 0.357 e. The molecular formula is C32H31Cl2N3O2. The molecule has 7 heteroatoms. The van der Waals surface area contributed by atoms with Crippen LogP contribution in [0.4, 0.5) is 11.4 Å². The Bertz CT molecular complexity index is 1510. The summed E-state index contributed by atoms with van der Waals surface area (Å²) in [7, 11) is 0. The number of hydrogen-bond acceptors (Lipinski definition) is 4. The van der Waals surface area contributed by atoms with Gasteiger partial charge in [0.1, 0.15) is 0 Å². The highest BCUT2D eigenvalue weighted by atomic mass is 35.5. The maximum Gasteiger partial charge on any atom is 0.242 e. The average molecular weight is 561 g/mol. The third-order valence-electron chi connectivity index (χ3n) is 8.05. The van der Waals surface area contributed by atoms with Gasteiger partial charge in [-0.25, -0.2) is 0 Å². The highest BCUT2D eigenvalue weighted by Gasteiger charge is 2.42. The Morgan fingerprint density at radius 3 is 2.54 bits per heavy atom. The molecule has 5 nitrogen and oxygen atoms in total. The van der Waals surface area contributed by atoms with E-state index in [1.807, 2.05) is 47.4 Å². The second-order valence-corrected chi connectivity index (χ2v) is 12.3. The van der Waals surface area contributed by atoms with Gasteiger partial charge in [-0.3, -0.25) is 9.59 Å². The van der Waals surface area contributed by atoms with Crippen LogP contribution in [0.25, 0.3) is 0 Å². The first-order chi connectivity index (χ1) is 18.7. The zero-order chi connectivity index (χ0) is 27.3. The van der Waals surface area contributed by atoms with Gasteiger partial charge in [0.2, 0.25) is 5.91 Å². The summed E-state index contributed by atoms with van der Waals surface area (Å²) in [5.41, 5.74) is 6.35. The van der Waals surface area contributed by atoms with Crippen LogP contribution in [-0.2, 0) is 22.6 Å². The van der Waals surface area contributed by atoms with Gasteiger partial charge in [-0.05, 0) is 59.2 Å². The number of rotatable bonds is 3. The SMILES string of the molecule is CC1(C)CC(=O)C2=C(C1)Nc1ccccc1N(CC(=O)N1CCc3ccccc3C1)C2c1ccc(Cl)cc1Cl. The first-order valence-electron chi connectivity index (χ1n) is 13.4. The number of allylic oxidation sites excluding steroid dienone is 1. The summed E-state index contributed by atoms with van der Waals surface area (Å²) in [4.78, 5) is 31.8. The van der Waals surface area contributed by atoms with Crippen molar-refractivity contribution in [2.24, 2.45) is 5.41 Å². The third kappa shape index (κ3) is 4.94. The summed E-state index contributed by atoms with van der Waals surface area (Å²) in [5.74, 6) is 0.0870. The highest BCUT2D eigenvalue weighted by molar-refractivity contribution is 6.35. The molecule has 200 valence electrons. The van der Waals surface area contributed by atoms with Crippen molar-refractivity contribution in [3.05, 3.63) is 105 Å². The molecule has 1 unspecified atom stereocenters. The number of carbonyl (C=O) groups excluding carboxylic acids is 2. The van der Waals surface area contributed by atoms with Crippen molar-refractivity contribution in [2.75, 3.05) is 23.3 Å². The molecule has 39 heavy (non-hydrogen) atoms. The van der Waals surface area contributed by atoms with Crippen molar-refractivity contribution in [2.45, 2.75) is 45.7 Å². The number of amides is 1. The lowest BCUT2D eigenvalue weighted by atomic mass is 9.73. The molecule has 6 rings (SSSR count). The van der Waals surface area contributed by atoms with Crippen LogP contribution in [0.1, 0.15) is 49.4 Å². The maximum absolute atomic E-state index is 14.0. The fourth-order valence-corrected chi connectivity index (χ4v) is 6.74. The Hall–Kier alpha value is -3.28. The molecule has 0 radical (unpaired) electrons. The Kier molecular flexibility index (Phi) is 6.68. The van der Waals surface area contributed by atoms with Crippen molar-refractivity contribution < 1.29 is 9.59 Å². The molecule has 1 N–H and O–H groups in total. The summed E-state index contributed by atoms with van der Waals surface area (Å²) in [6.07, 6.45) is 1.97. The van der Waals surface area contributed by atoms with Crippen molar-refractivity contribution >= 4 is 46.3 Å². The molecule has 3 aromatic rings. The van der Waals surface area contributed by atoms with Gasteiger partial charge in [0.05, 0.1) is 24.0 Å². The molecule has 0 saturated carbocycles. The van der Waals surface area contributed by atoms with E-state index in [1.54, 1.807) is 12.1 Å². The van der Waals surface area contributed by atoms with Gasteiger partial charge in [-0.15, -0.1) is 0 Å². The van der Waals surface area contributed by atoms with Gasteiger partial charge in [0.25, 0.3) is 0 Å². The van der Waals surface area contributed by atoms with Gasteiger partial charge in [0, 0.05) is 40.8 Å². The fourth-order valence-electron chi connectivity index (χ4n) is 6.23. The summed E-state index contributed by atoms with van der Waals surface area (Å²) in [6, 6.07) is 21.1. The molecule has 0 bridgehead atoms. The van der Waals surface area contributed by atoms with Crippen LogP contribution in [0, 0.1) is 5.41 Å². The van der Waals surface area contributed by atoms with Gasteiger partial charge in [-0.1, -0.05) is 79.5 Å².